The van der Waals surface area contributed by atoms with Crippen LogP contribution in [0, 0.1) is 5.82 Å². The van der Waals surface area contributed by atoms with Crippen molar-refractivity contribution >= 4 is 43.5 Å². The molecular formula is C15H12Br2FNO. The normalized spacial score (nSPS) is 12.0. The maximum Gasteiger partial charge on any atom is 0.255 e. The van der Waals surface area contributed by atoms with Gasteiger partial charge in [0.25, 0.3) is 5.91 Å². The van der Waals surface area contributed by atoms with Gasteiger partial charge < -0.3 is 5.32 Å². The smallest absolute Gasteiger partial charge is 0.255 e. The van der Waals surface area contributed by atoms with Crippen molar-refractivity contribution in [3.63, 3.8) is 0 Å². The summed E-state index contributed by atoms with van der Waals surface area (Å²) in [5.74, 6) is -0.794. The third-order valence-corrected chi connectivity index (χ3v) is 3.71. The molecule has 0 aliphatic rings. The van der Waals surface area contributed by atoms with E-state index in [9.17, 15) is 9.18 Å². The zero-order valence-corrected chi connectivity index (χ0v) is 13.8. The van der Waals surface area contributed by atoms with Crippen LogP contribution in [0.5, 0.6) is 0 Å². The van der Waals surface area contributed by atoms with Gasteiger partial charge in [-0.25, -0.2) is 4.39 Å². The third kappa shape index (κ3) is 3.67. The zero-order valence-electron chi connectivity index (χ0n) is 10.7. The van der Waals surface area contributed by atoms with Crippen LogP contribution in [0.4, 0.5) is 10.1 Å². The first-order valence-electron chi connectivity index (χ1n) is 5.98. The van der Waals surface area contributed by atoms with Gasteiger partial charge in [-0.2, -0.15) is 0 Å². The van der Waals surface area contributed by atoms with Crippen LogP contribution in [-0.4, -0.2) is 5.91 Å². The molecule has 1 atom stereocenters. The van der Waals surface area contributed by atoms with Crippen LogP contribution in [0.15, 0.2) is 46.9 Å². The summed E-state index contributed by atoms with van der Waals surface area (Å²) in [6, 6.07) is 11.6. The van der Waals surface area contributed by atoms with Crippen LogP contribution >= 0.6 is 31.9 Å². The van der Waals surface area contributed by atoms with Gasteiger partial charge in [-0.1, -0.05) is 50.1 Å². The molecule has 2 aromatic carbocycles. The molecule has 0 saturated carbocycles. The highest BCUT2D eigenvalue weighted by atomic mass is 79.9. The molecule has 0 aromatic heterocycles. The number of hydrogen-bond acceptors (Lipinski definition) is 1. The number of hydrogen-bond donors (Lipinski definition) is 1. The van der Waals surface area contributed by atoms with Crippen molar-refractivity contribution in [2.75, 3.05) is 5.32 Å². The standard InChI is InChI=1S/C15H12Br2FNO/c1-9(16)13-4-2-3-5-14(13)19-15(20)10-6-11(17)8-12(18)7-10/h2-9H,1H3,(H,19,20). The van der Waals surface area contributed by atoms with E-state index in [1.54, 1.807) is 6.07 Å². The van der Waals surface area contributed by atoms with Gasteiger partial charge in [0.15, 0.2) is 0 Å². The largest absolute Gasteiger partial charge is 0.322 e. The molecule has 0 radical (unpaired) electrons. The number of para-hydroxylation sites is 1. The molecule has 1 N–H and O–H groups in total. The van der Waals surface area contributed by atoms with E-state index in [0.29, 0.717) is 10.2 Å². The predicted molar refractivity (Wildman–Crippen MR) is 85.8 cm³/mol. The lowest BCUT2D eigenvalue weighted by molar-refractivity contribution is 0.102. The lowest BCUT2D eigenvalue weighted by Crippen LogP contribution is -2.13. The number of rotatable bonds is 3. The SMILES string of the molecule is CC(Br)c1ccccc1NC(=O)c1cc(F)cc(Br)c1. The van der Waals surface area contributed by atoms with E-state index in [0.717, 1.165) is 5.56 Å². The Labute approximate surface area is 133 Å². The van der Waals surface area contributed by atoms with Crippen LogP contribution in [0.1, 0.15) is 27.7 Å². The molecule has 2 aromatic rings. The van der Waals surface area contributed by atoms with Crippen LogP contribution in [0.3, 0.4) is 0 Å². The van der Waals surface area contributed by atoms with Gasteiger partial charge >= 0.3 is 0 Å². The molecule has 0 saturated heterocycles. The summed E-state index contributed by atoms with van der Waals surface area (Å²) in [6.45, 7) is 1.98. The first-order valence-corrected chi connectivity index (χ1v) is 7.68. The van der Waals surface area contributed by atoms with Crippen LogP contribution in [0.2, 0.25) is 0 Å². The summed E-state index contributed by atoms with van der Waals surface area (Å²) in [6.07, 6.45) is 0. The van der Waals surface area contributed by atoms with Crippen molar-refractivity contribution < 1.29 is 9.18 Å². The monoisotopic (exact) mass is 399 g/mol. The van der Waals surface area contributed by atoms with Gasteiger partial charge in [-0.05, 0) is 36.8 Å². The summed E-state index contributed by atoms with van der Waals surface area (Å²) in [7, 11) is 0. The van der Waals surface area contributed by atoms with Crippen LogP contribution in [-0.2, 0) is 0 Å². The van der Waals surface area contributed by atoms with Crippen LogP contribution < -0.4 is 5.32 Å². The Morgan fingerprint density at radius 3 is 2.60 bits per heavy atom. The highest BCUT2D eigenvalue weighted by molar-refractivity contribution is 9.10. The maximum atomic E-state index is 13.3. The predicted octanol–water partition coefficient (Wildman–Crippen LogP) is 5.30. The van der Waals surface area contributed by atoms with Gasteiger partial charge in [0, 0.05) is 20.6 Å². The minimum atomic E-state index is -0.452. The fourth-order valence-electron chi connectivity index (χ4n) is 1.84. The summed E-state index contributed by atoms with van der Waals surface area (Å²) >= 11 is 6.66. The molecule has 0 spiro atoms. The van der Waals surface area contributed by atoms with E-state index in [2.05, 4.69) is 37.2 Å². The maximum absolute atomic E-state index is 13.3. The van der Waals surface area contributed by atoms with Gasteiger partial charge in [0.1, 0.15) is 5.82 Å². The van der Waals surface area contributed by atoms with E-state index >= 15 is 0 Å². The summed E-state index contributed by atoms with van der Waals surface area (Å²) in [5.41, 5.74) is 1.95. The molecule has 104 valence electrons. The number of nitrogens with one attached hydrogen (secondary N) is 1. The van der Waals surface area contributed by atoms with Crippen molar-refractivity contribution in [1.29, 1.82) is 0 Å². The van der Waals surface area contributed by atoms with Crippen molar-refractivity contribution in [1.82, 2.24) is 0 Å². The van der Waals surface area contributed by atoms with Gasteiger partial charge in [0.05, 0.1) is 0 Å². The first-order chi connectivity index (χ1) is 9.47. The minimum Gasteiger partial charge on any atom is -0.322 e. The molecule has 0 aliphatic heterocycles. The highest BCUT2D eigenvalue weighted by Gasteiger charge is 2.12. The quantitative estimate of drug-likeness (QED) is 0.696. The highest BCUT2D eigenvalue weighted by Crippen LogP contribution is 2.29. The Kier molecular flexibility index (Phi) is 4.94. The molecule has 0 aliphatic carbocycles. The Balaban J connectivity index is 2.28. The molecular weight excluding hydrogens is 389 g/mol. The Bertz CT molecular complexity index is 623. The Hall–Kier alpha value is -1.20. The molecule has 2 nitrogen and oxygen atoms in total. The zero-order chi connectivity index (χ0) is 14.7. The fraction of sp³-hybridized carbons (Fsp3) is 0.133. The lowest BCUT2D eigenvalue weighted by atomic mass is 10.1. The second-order valence-corrected chi connectivity index (χ2v) is 6.60. The van der Waals surface area contributed by atoms with Crippen molar-refractivity contribution in [2.45, 2.75) is 11.8 Å². The number of carbonyl (C=O) groups is 1. The van der Waals surface area contributed by atoms with E-state index in [-0.39, 0.29) is 16.3 Å². The average molecular weight is 401 g/mol. The molecule has 2 rings (SSSR count). The number of halogens is 3. The second-order valence-electron chi connectivity index (χ2n) is 4.32. The lowest BCUT2D eigenvalue weighted by Gasteiger charge is -2.13. The Morgan fingerprint density at radius 2 is 1.95 bits per heavy atom. The second kappa shape index (κ2) is 6.50. The number of alkyl halides is 1. The molecule has 1 amide bonds. The molecule has 0 fully saturated rings. The van der Waals surface area contributed by atoms with E-state index in [1.165, 1.54) is 12.1 Å². The summed E-state index contributed by atoms with van der Waals surface area (Å²) in [5, 5.41) is 2.81. The first kappa shape index (κ1) is 15.2. The van der Waals surface area contributed by atoms with Crippen molar-refractivity contribution in [3.05, 3.63) is 63.9 Å². The van der Waals surface area contributed by atoms with Crippen molar-refractivity contribution in [2.24, 2.45) is 0 Å². The molecule has 0 bridgehead atoms. The van der Waals surface area contributed by atoms with E-state index in [1.807, 2.05) is 31.2 Å². The fourth-order valence-corrected chi connectivity index (χ4v) is 2.70. The molecule has 1 unspecified atom stereocenters. The number of amides is 1. The van der Waals surface area contributed by atoms with Gasteiger partial charge in [0.2, 0.25) is 0 Å². The topological polar surface area (TPSA) is 29.1 Å². The molecule has 0 heterocycles. The van der Waals surface area contributed by atoms with E-state index < -0.39 is 5.82 Å². The third-order valence-electron chi connectivity index (χ3n) is 2.76. The minimum absolute atomic E-state index is 0.109. The van der Waals surface area contributed by atoms with Crippen LogP contribution in [0.25, 0.3) is 0 Å². The average Bonchev–Trinajstić information content (AvgIpc) is 2.37. The number of carbonyl (C=O) groups excluding carboxylic acids is 1. The summed E-state index contributed by atoms with van der Waals surface area (Å²) < 4.78 is 13.8. The van der Waals surface area contributed by atoms with E-state index in [4.69, 9.17) is 0 Å². The number of anilines is 1. The number of benzene rings is 2. The van der Waals surface area contributed by atoms with Crippen molar-refractivity contribution in [3.8, 4) is 0 Å². The summed E-state index contributed by atoms with van der Waals surface area (Å²) in [4.78, 5) is 12.3. The Morgan fingerprint density at radius 1 is 1.25 bits per heavy atom. The molecule has 20 heavy (non-hydrogen) atoms. The van der Waals surface area contributed by atoms with Gasteiger partial charge in [-0.15, -0.1) is 0 Å². The molecule has 5 heteroatoms. The van der Waals surface area contributed by atoms with Gasteiger partial charge in [-0.3, -0.25) is 4.79 Å².